The van der Waals surface area contributed by atoms with Crippen LogP contribution in [0.25, 0.3) is 6.08 Å². The second-order valence-corrected chi connectivity index (χ2v) is 6.34. The Morgan fingerprint density at radius 2 is 2.23 bits per heavy atom. The van der Waals surface area contributed by atoms with E-state index >= 15 is 0 Å². The molecule has 3 rings (SSSR count). The minimum Gasteiger partial charge on any atom is -0.493 e. The number of nitrogens with one attached hydrogen (secondary N) is 1. The number of methoxy groups -OCH3 is 1. The number of furan rings is 1. The molecule has 0 saturated carbocycles. The maximum atomic E-state index is 12.3. The molecule has 1 aliphatic carbocycles. The SMILES string of the molecule is CCCOc1ccc(/C=C/C(=O)NC2CCCc3occc32)cc1OC. The van der Waals surface area contributed by atoms with E-state index in [9.17, 15) is 4.79 Å². The molecule has 0 radical (unpaired) electrons. The van der Waals surface area contributed by atoms with E-state index in [0.717, 1.165) is 42.6 Å². The molecule has 26 heavy (non-hydrogen) atoms. The van der Waals surface area contributed by atoms with Gasteiger partial charge in [0.05, 0.1) is 26.0 Å². The smallest absolute Gasteiger partial charge is 0.244 e. The largest absolute Gasteiger partial charge is 0.493 e. The molecule has 1 amide bonds. The van der Waals surface area contributed by atoms with E-state index in [1.54, 1.807) is 25.5 Å². The van der Waals surface area contributed by atoms with E-state index in [1.165, 1.54) is 0 Å². The monoisotopic (exact) mass is 355 g/mol. The van der Waals surface area contributed by atoms with Crippen LogP contribution < -0.4 is 14.8 Å². The molecule has 0 bridgehead atoms. The number of rotatable bonds is 7. The molecule has 0 aliphatic heterocycles. The minimum atomic E-state index is -0.116. The number of carbonyl (C=O) groups is 1. The topological polar surface area (TPSA) is 60.7 Å². The van der Waals surface area contributed by atoms with Gasteiger partial charge in [-0.1, -0.05) is 13.0 Å². The Kier molecular flexibility index (Phi) is 6.00. The lowest BCUT2D eigenvalue weighted by Crippen LogP contribution is -2.28. The minimum absolute atomic E-state index is 0.0222. The lowest BCUT2D eigenvalue weighted by molar-refractivity contribution is -0.117. The molecular weight excluding hydrogens is 330 g/mol. The van der Waals surface area contributed by atoms with Gasteiger partial charge < -0.3 is 19.2 Å². The van der Waals surface area contributed by atoms with Crippen molar-refractivity contribution < 1.29 is 18.7 Å². The van der Waals surface area contributed by atoms with Crippen LogP contribution in [0.2, 0.25) is 0 Å². The lowest BCUT2D eigenvalue weighted by Gasteiger charge is -2.22. The van der Waals surface area contributed by atoms with Crippen LogP contribution in [0.4, 0.5) is 0 Å². The number of amides is 1. The summed E-state index contributed by atoms with van der Waals surface area (Å²) in [4.78, 5) is 12.3. The van der Waals surface area contributed by atoms with Crippen LogP contribution in [0.3, 0.4) is 0 Å². The summed E-state index contributed by atoms with van der Waals surface area (Å²) in [7, 11) is 1.61. The first-order valence-corrected chi connectivity index (χ1v) is 9.07. The molecule has 138 valence electrons. The van der Waals surface area contributed by atoms with Crippen LogP contribution in [-0.2, 0) is 11.2 Å². The van der Waals surface area contributed by atoms with Gasteiger partial charge >= 0.3 is 0 Å². The zero-order valence-electron chi connectivity index (χ0n) is 15.3. The van der Waals surface area contributed by atoms with Crippen LogP contribution in [0.5, 0.6) is 11.5 Å². The second-order valence-electron chi connectivity index (χ2n) is 6.34. The average Bonchev–Trinajstić information content (AvgIpc) is 3.15. The molecule has 0 fully saturated rings. The standard InChI is InChI=1S/C21H25NO4/c1-3-12-25-19-9-7-15(14-20(19)24-2)8-10-21(23)22-17-5-4-6-18-16(17)11-13-26-18/h7-11,13-14,17H,3-6,12H2,1-2H3,(H,22,23)/b10-8+. The highest BCUT2D eigenvalue weighted by atomic mass is 16.5. The van der Waals surface area contributed by atoms with Gasteiger partial charge in [-0.15, -0.1) is 0 Å². The summed E-state index contributed by atoms with van der Waals surface area (Å²) >= 11 is 0. The number of ether oxygens (including phenoxy) is 2. The Balaban J connectivity index is 1.63. The van der Waals surface area contributed by atoms with E-state index < -0.39 is 0 Å². The Hall–Kier alpha value is -2.69. The third-order valence-electron chi connectivity index (χ3n) is 4.44. The van der Waals surface area contributed by atoms with E-state index in [0.29, 0.717) is 18.1 Å². The molecule has 1 aliphatic rings. The maximum Gasteiger partial charge on any atom is 0.244 e. The summed E-state index contributed by atoms with van der Waals surface area (Å²) in [5.74, 6) is 2.24. The van der Waals surface area contributed by atoms with E-state index in [4.69, 9.17) is 13.9 Å². The number of benzene rings is 1. The molecule has 5 nitrogen and oxygen atoms in total. The summed E-state index contributed by atoms with van der Waals surface area (Å²) in [6, 6.07) is 7.61. The van der Waals surface area contributed by atoms with Gasteiger partial charge in [0, 0.05) is 18.1 Å². The van der Waals surface area contributed by atoms with Crippen molar-refractivity contribution in [3.8, 4) is 11.5 Å². The fraction of sp³-hybridized carbons (Fsp3) is 0.381. The van der Waals surface area contributed by atoms with Crippen molar-refractivity contribution in [2.24, 2.45) is 0 Å². The Morgan fingerprint density at radius 1 is 1.35 bits per heavy atom. The number of aryl methyl sites for hydroxylation is 1. The lowest BCUT2D eigenvalue weighted by atomic mass is 9.93. The van der Waals surface area contributed by atoms with Gasteiger partial charge in [-0.2, -0.15) is 0 Å². The van der Waals surface area contributed by atoms with E-state index in [-0.39, 0.29) is 11.9 Å². The Morgan fingerprint density at radius 3 is 3.04 bits per heavy atom. The van der Waals surface area contributed by atoms with Crippen LogP contribution in [0.1, 0.15) is 49.1 Å². The van der Waals surface area contributed by atoms with Gasteiger partial charge in [0.2, 0.25) is 5.91 Å². The molecule has 1 unspecified atom stereocenters. The van der Waals surface area contributed by atoms with Gasteiger partial charge in [-0.25, -0.2) is 0 Å². The highest BCUT2D eigenvalue weighted by Crippen LogP contribution is 2.31. The summed E-state index contributed by atoms with van der Waals surface area (Å²) < 4.78 is 16.5. The fourth-order valence-corrected chi connectivity index (χ4v) is 3.15. The molecule has 5 heteroatoms. The van der Waals surface area contributed by atoms with Crippen molar-refractivity contribution in [1.29, 1.82) is 0 Å². The van der Waals surface area contributed by atoms with Gasteiger partial charge in [0.15, 0.2) is 11.5 Å². The molecule has 1 atom stereocenters. The predicted molar refractivity (Wildman–Crippen MR) is 100 cm³/mol. The molecule has 1 heterocycles. The zero-order valence-corrected chi connectivity index (χ0v) is 15.3. The maximum absolute atomic E-state index is 12.3. The van der Waals surface area contributed by atoms with E-state index in [1.807, 2.05) is 24.3 Å². The fourth-order valence-electron chi connectivity index (χ4n) is 3.15. The van der Waals surface area contributed by atoms with Gasteiger partial charge in [0.1, 0.15) is 5.76 Å². The van der Waals surface area contributed by atoms with Gasteiger partial charge in [0.25, 0.3) is 0 Å². The van der Waals surface area contributed by atoms with Crippen molar-refractivity contribution >= 4 is 12.0 Å². The van der Waals surface area contributed by atoms with Crippen molar-refractivity contribution in [1.82, 2.24) is 5.32 Å². The van der Waals surface area contributed by atoms with Crippen molar-refractivity contribution in [2.45, 2.75) is 38.6 Å². The second kappa shape index (κ2) is 8.61. The Labute approximate surface area is 154 Å². The molecule has 0 spiro atoms. The van der Waals surface area contributed by atoms with E-state index in [2.05, 4.69) is 12.2 Å². The number of hydrogen-bond donors (Lipinski definition) is 1. The summed E-state index contributed by atoms with van der Waals surface area (Å²) in [5, 5.41) is 3.06. The molecule has 1 N–H and O–H groups in total. The number of carbonyl (C=O) groups excluding carboxylic acids is 1. The van der Waals surface area contributed by atoms with Gasteiger partial charge in [-0.05, 0) is 49.1 Å². The molecule has 1 aromatic heterocycles. The molecular formula is C21H25NO4. The summed E-state index contributed by atoms with van der Waals surface area (Å²) in [6.07, 6.45) is 8.85. The first-order valence-electron chi connectivity index (χ1n) is 9.07. The van der Waals surface area contributed by atoms with Crippen molar-refractivity contribution in [3.63, 3.8) is 0 Å². The third-order valence-corrected chi connectivity index (χ3v) is 4.44. The normalized spacial score (nSPS) is 16.3. The predicted octanol–water partition coefficient (Wildman–Crippen LogP) is 4.28. The summed E-state index contributed by atoms with van der Waals surface area (Å²) in [6.45, 7) is 2.70. The molecule has 0 saturated heterocycles. The molecule has 1 aromatic carbocycles. The van der Waals surface area contributed by atoms with Gasteiger partial charge in [-0.3, -0.25) is 4.79 Å². The average molecular weight is 355 g/mol. The van der Waals surface area contributed by atoms with Crippen LogP contribution in [0.15, 0.2) is 41.0 Å². The Bertz CT molecular complexity index is 778. The highest BCUT2D eigenvalue weighted by Gasteiger charge is 2.23. The highest BCUT2D eigenvalue weighted by molar-refractivity contribution is 5.92. The zero-order chi connectivity index (χ0) is 18.4. The first-order chi connectivity index (χ1) is 12.7. The summed E-state index contributed by atoms with van der Waals surface area (Å²) in [5.41, 5.74) is 1.98. The number of fused-ring (bicyclic) bond motifs is 1. The quantitative estimate of drug-likeness (QED) is 0.753. The van der Waals surface area contributed by atoms with Crippen LogP contribution >= 0.6 is 0 Å². The third kappa shape index (κ3) is 4.28. The molecule has 2 aromatic rings. The van der Waals surface area contributed by atoms with Crippen LogP contribution in [0, 0.1) is 0 Å². The first kappa shape index (κ1) is 18.1. The number of hydrogen-bond acceptors (Lipinski definition) is 4. The van der Waals surface area contributed by atoms with Crippen LogP contribution in [-0.4, -0.2) is 19.6 Å². The van der Waals surface area contributed by atoms with Crippen molar-refractivity contribution in [2.75, 3.05) is 13.7 Å². The van der Waals surface area contributed by atoms with Crippen molar-refractivity contribution in [3.05, 3.63) is 53.5 Å².